The Labute approximate surface area is 109 Å². The molecule has 18 heavy (non-hydrogen) atoms. The number of halogens is 1. The number of nitrogens with one attached hydrogen (secondary N) is 1. The molecule has 1 atom stereocenters. The highest BCUT2D eigenvalue weighted by Gasteiger charge is 2.26. The van der Waals surface area contributed by atoms with Crippen LogP contribution >= 0.6 is 12.4 Å². The predicted octanol–water partition coefficient (Wildman–Crippen LogP) is 1.81. The van der Waals surface area contributed by atoms with Gasteiger partial charge in [0.2, 0.25) is 0 Å². The van der Waals surface area contributed by atoms with Crippen LogP contribution in [0.5, 0.6) is 5.75 Å². The van der Waals surface area contributed by atoms with Gasteiger partial charge in [-0.3, -0.25) is 10.1 Å². The standard InChI is InChI=1S/C10H10N2O5.ClH/c1-16-9-3-2-6(4-8(9)12(14)15)7-5-17-10(13)11-7;/h2-4,7H,5H2,1H3,(H,11,13);1H/t7-;/m0./s1. The average molecular weight is 275 g/mol. The molecule has 1 heterocycles. The zero-order valence-electron chi connectivity index (χ0n) is 9.41. The molecule has 0 aliphatic carbocycles. The number of nitrogens with zero attached hydrogens (tertiary/aromatic N) is 1. The second-order valence-corrected chi connectivity index (χ2v) is 3.48. The Morgan fingerprint density at radius 2 is 2.28 bits per heavy atom. The van der Waals surface area contributed by atoms with Crippen LogP contribution < -0.4 is 10.1 Å². The molecule has 0 spiro atoms. The Balaban J connectivity index is 0.00000162. The Morgan fingerprint density at radius 1 is 1.56 bits per heavy atom. The first-order valence-corrected chi connectivity index (χ1v) is 4.87. The zero-order valence-corrected chi connectivity index (χ0v) is 10.2. The van der Waals surface area contributed by atoms with E-state index in [2.05, 4.69) is 5.32 Å². The highest BCUT2D eigenvalue weighted by molar-refractivity contribution is 5.85. The molecule has 0 aromatic heterocycles. The minimum atomic E-state index is -0.528. The molecule has 2 rings (SSSR count). The normalized spacial score (nSPS) is 17.4. The molecule has 1 saturated heterocycles. The van der Waals surface area contributed by atoms with Gasteiger partial charge >= 0.3 is 11.8 Å². The fraction of sp³-hybridized carbons (Fsp3) is 0.300. The van der Waals surface area contributed by atoms with Gasteiger partial charge in [0.1, 0.15) is 6.61 Å². The van der Waals surface area contributed by atoms with Gasteiger partial charge in [-0.05, 0) is 11.6 Å². The van der Waals surface area contributed by atoms with Crippen molar-refractivity contribution >= 4 is 24.2 Å². The number of alkyl carbamates (subject to hydrolysis) is 1. The van der Waals surface area contributed by atoms with Crippen molar-refractivity contribution in [3.05, 3.63) is 33.9 Å². The van der Waals surface area contributed by atoms with E-state index in [1.54, 1.807) is 6.07 Å². The summed E-state index contributed by atoms with van der Waals surface area (Å²) in [6.45, 7) is 0.169. The van der Waals surface area contributed by atoms with Crippen molar-refractivity contribution < 1.29 is 19.2 Å². The number of rotatable bonds is 3. The van der Waals surface area contributed by atoms with E-state index in [1.807, 2.05) is 0 Å². The lowest BCUT2D eigenvalue weighted by Crippen LogP contribution is -2.18. The van der Waals surface area contributed by atoms with Crippen molar-refractivity contribution in [3.8, 4) is 5.75 Å². The van der Waals surface area contributed by atoms with Gasteiger partial charge in [-0.1, -0.05) is 6.07 Å². The van der Waals surface area contributed by atoms with Gasteiger partial charge in [-0.15, -0.1) is 12.4 Å². The van der Waals surface area contributed by atoms with Crippen LogP contribution in [0.3, 0.4) is 0 Å². The topological polar surface area (TPSA) is 90.7 Å². The van der Waals surface area contributed by atoms with Gasteiger partial charge in [0.15, 0.2) is 5.75 Å². The maximum Gasteiger partial charge on any atom is 0.407 e. The van der Waals surface area contributed by atoms with Crippen LogP contribution in [-0.2, 0) is 4.74 Å². The minimum absolute atomic E-state index is 0. The van der Waals surface area contributed by atoms with E-state index < -0.39 is 11.0 Å². The van der Waals surface area contributed by atoms with Crippen molar-refractivity contribution in [2.24, 2.45) is 0 Å². The van der Waals surface area contributed by atoms with Crippen LogP contribution in [0.15, 0.2) is 18.2 Å². The molecule has 1 amide bonds. The molecule has 8 heteroatoms. The molecule has 98 valence electrons. The monoisotopic (exact) mass is 274 g/mol. The molecule has 0 bridgehead atoms. The zero-order chi connectivity index (χ0) is 12.4. The molecule has 7 nitrogen and oxygen atoms in total. The number of cyclic esters (lactones) is 1. The largest absolute Gasteiger partial charge is 0.490 e. The third-order valence-corrected chi connectivity index (χ3v) is 2.48. The summed E-state index contributed by atoms with van der Waals surface area (Å²) in [5.74, 6) is 0.184. The van der Waals surface area contributed by atoms with Crippen molar-refractivity contribution in [2.75, 3.05) is 13.7 Å². The van der Waals surface area contributed by atoms with Gasteiger partial charge < -0.3 is 14.8 Å². The maximum atomic E-state index is 10.9. The van der Waals surface area contributed by atoms with Crippen molar-refractivity contribution in [1.82, 2.24) is 5.32 Å². The Bertz CT molecular complexity index is 479. The highest BCUT2D eigenvalue weighted by atomic mass is 35.5. The first-order valence-electron chi connectivity index (χ1n) is 4.87. The van der Waals surface area contributed by atoms with E-state index in [1.165, 1.54) is 19.2 Å². The first kappa shape index (κ1) is 14.0. The van der Waals surface area contributed by atoms with Crippen LogP contribution in [-0.4, -0.2) is 24.7 Å². The lowest BCUT2D eigenvalue weighted by atomic mass is 10.1. The number of hydrogen-bond donors (Lipinski definition) is 1. The van der Waals surface area contributed by atoms with Gasteiger partial charge in [-0.2, -0.15) is 0 Å². The number of carbonyl (C=O) groups excluding carboxylic acids is 1. The van der Waals surface area contributed by atoms with E-state index in [9.17, 15) is 14.9 Å². The second-order valence-electron chi connectivity index (χ2n) is 3.48. The van der Waals surface area contributed by atoms with Crippen molar-refractivity contribution in [2.45, 2.75) is 6.04 Å². The number of methoxy groups -OCH3 is 1. The summed E-state index contributed by atoms with van der Waals surface area (Å²) in [6.07, 6.45) is -0.520. The third kappa shape index (κ3) is 2.62. The molecule has 0 unspecified atom stereocenters. The molecule has 0 radical (unpaired) electrons. The van der Waals surface area contributed by atoms with E-state index in [-0.39, 0.29) is 36.5 Å². The van der Waals surface area contributed by atoms with Gasteiger partial charge in [-0.25, -0.2) is 4.79 Å². The molecule has 1 aliphatic rings. The van der Waals surface area contributed by atoms with E-state index in [0.29, 0.717) is 5.56 Å². The van der Waals surface area contributed by atoms with Gasteiger partial charge in [0.25, 0.3) is 0 Å². The van der Waals surface area contributed by atoms with Crippen LogP contribution in [0.25, 0.3) is 0 Å². The summed E-state index contributed by atoms with van der Waals surface area (Å²) in [5, 5.41) is 13.4. The Kier molecular flexibility index (Phi) is 4.33. The van der Waals surface area contributed by atoms with Crippen molar-refractivity contribution in [1.29, 1.82) is 0 Å². The van der Waals surface area contributed by atoms with Crippen LogP contribution in [0.2, 0.25) is 0 Å². The van der Waals surface area contributed by atoms with E-state index >= 15 is 0 Å². The minimum Gasteiger partial charge on any atom is -0.490 e. The first-order chi connectivity index (χ1) is 8.11. The molecule has 1 aromatic carbocycles. The molecule has 1 N–H and O–H groups in total. The van der Waals surface area contributed by atoms with Gasteiger partial charge in [0.05, 0.1) is 18.1 Å². The fourth-order valence-corrected chi connectivity index (χ4v) is 1.63. The summed E-state index contributed by atoms with van der Waals surface area (Å²) in [7, 11) is 1.36. The van der Waals surface area contributed by atoms with Crippen LogP contribution in [0.1, 0.15) is 11.6 Å². The van der Waals surface area contributed by atoms with Crippen LogP contribution in [0, 0.1) is 10.1 Å². The second kappa shape index (κ2) is 5.54. The Hall–Kier alpha value is -2.02. The lowest BCUT2D eigenvalue weighted by Gasteiger charge is -2.08. The summed E-state index contributed by atoms with van der Waals surface area (Å²) in [5.41, 5.74) is 0.481. The SMILES string of the molecule is COc1ccc([C@@H]2COC(=O)N2)cc1[N+](=O)[O-].Cl. The molecular weight excluding hydrogens is 264 g/mol. The van der Waals surface area contributed by atoms with Gasteiger partial charge in [0, 0.05) is 6.07 Å². The molecule has 1 aromatic rings. The lowest BCUT2D eigenvalue weighted by molar-refractivity contribution is -0.385. The third-order valence-electron chi connectivity index (χ3n) is 2.48. The summed E-state index contributed by atoms with van der Waals surface area (Å²) < 4.78 is 9.61. The van der Waals surface area contributed by atoms with Crippen LogP contribution in [0.4, 0.5) is 10.5 Å². The Morgan fingerprint density at radius 3 is 2.78 bits per heavy atom. The fourth-order valence-electron chi connectivity index (χ4n) is 1.63. The number of hydrogen-bond acceptors (Lipinski definition) is 5. The number of nitro groups is 1. The summed E-state index contributed by atoms with van der Waals surface area (Å²) >= 11 is 0. The molecule has 1 fully saturated rings. The summed E-state index contributed by atoms with van der Waals surface area (Å²) in [6, 6.07) is 4.18. The number of nitro benzene ring substituents is 1. The number of amides is 1. The number of ether oxygens (including phenoxy) is 2. The quantitative estimate of drug-likeness (QED) is 0.670. The molecular formula is C10H11ClN2O5. The van der Waals surface area contributed by atoms with Crippen molar-refractivity contribution in [3.63, 3.8) is 0 Å². The number of benzene rings is 1. The van der Waals surface area contributed by atoms with E-state index in [4.69, 9.17) is 9.47 Å². The van der Waals surface area contributed by atoms with E-state index in [0.717, 1.165) is 0 Å². The predicted molar refractivity (Wildman–Crippen MR) is 64.1 cm³/mol. The average Bonchev–Trinajstić information content (AvgIpc) is 2.75. The molecule has 1 aliphatic heterocycles. The number of carbonyl (C=O) groups is 1. The highest BCUT2D eigenvalue weighted by Crippen LogP contribution is 2.30. The smallest absolute Gasteiger partial charge is 0.407 e. The maximum absolute atomic E-state index is 10.9. The molecule has 0 saturated carbocycles. The summed E-state index contributed by atoms with van der Waals surface area (Å²) in [4.78, 5) is 21.2.